The third kappa shape index (κ3) is 3.49. The van der Waals surface area contributed by atoms with Crippen LogP contribution in [0.1, 0.15) is 47.9 Å². The molecule has 2 rings (SSSR count). The zero-order valence-corrected chi connectivity index (χ0v) is 13.8. The number of nitriles is 1. The first-order valence-corrected chi connectivity index (χ1v) is 7.68. The second kappa shape index (κ2) is 7.13. The Kier molecular flexibility index (Phi) is 5.22. The van der Waals surface area contributed by atoms with E-state index >= 15 is 0 Å². The van der Waals surface area contributed by atoms with Crippen LogP contribution in [-0.2, 0) is 6.42 Å². The van der Waals surface area contributed by atoms with Crippen molar-refractivity contribution < 1.29 is 4.74 Å². The SMILES string of the molecule is COc1ccc(C(C)C)cc1C(C#N)Cc1ccccc1C. The Morgan fingerprint density at radius 2 is 1.86 bits per heavy atom. The normalized spacial score (nSPS) is 12.0. The van der Waals surface area contributed by atoms with Crippen LogP contribution in [0.4, 0.5) is 0 Å². The summed E-state index contributed by atoms with van der Waals surface area (Å²) in [6.07, 6.45) is 0.709. The maximum Gasteiger partial charge on any atom is 0.123 e. The second-order valence-corrected chi connectivity index (χ2v) is 5.97. The number of hydrogen-bond acceptors (Lipinski definition) is 2. The lowest BCUT2D eigenvalue weighted by Gasteiger charge is -2.17. The van der Waals surface area contributed by atoms with Crippen LogP contribution in [0.15, 0.2) is 42.5 Å². The Morgan fingerprint density at radius 3 is 2.45 bits per heavy atom. The molecule has 0 saturated heterocycles. The van der Waals surface area contributed by atoms with Crippen LogP contribution in [-0.4, -0.2) is 7.11 Å². The highest BCUT2D eigenvalue weighted by Gasteiger charge is 2.18. The highest BCUT2D eigenvalue weighted by molar-refractivity contribution is 5.44. The zero-order chi connectivity index (χ0) is 16.1. The molecule has 0 aliphatic carbocycles. The van der Waals surface area contributed by atoms with Crippen molar-refractivity contribution in [2.45, 2.75) is 39.0 Å². The van der Waals surface area contributed by atoms with E-state index in [0.29, 0.717) is 12.3 Å². The van der Waals surface area contributed by atoms with Crippen molar-refractivity contribution in [3.8, 4) is 11.8 Å². The van der Waals surface area contributed by atoms with Crippen molar-refractivity contribution in [1.82, 2.24) is 0 Å². The summed E-state index contributed by atoms with van der Waals surface area (Å²) in [7, 11) is 1.66. The predicted octanol–water partition coefficient (Wildman–Crippen LogP) is 4.98. The number of hydrogen-bond donors (Lipinski definition) is 0. The van der Waals surface area contributed by atoms with Gasteiger partial charge < -0.3 is 4.74 Å². The van der Waals surface area contributed by atoms with Gasteiger partial charge in [0.25, 0.3) is 0 Å². The van der Waals surface area contributed by atoms with E-state index in [2.05, 4.69) is 51.1 Å². The third-order valence-electron chi connectivity index (χ3n) is 4.14. The van der Waals surface area contributed by atoms with Gasteiger partial charge in [-0.05, 0) is 42.0 Å². The molecule has 0 aromatic heterocycles. The molecule has 2 heteroatoms. The molecule has 114 valence electrons. The fourth-order valence-electron chi connectivity index (χ4n) is 2.67. The maximum atomic E-state index is 9.68. The average molecular weight is 293 g/mol. The Balaban J connectivity index is 2.40. The summed E-state index contributed by atoms with van der Waals surface area (Å²) in [5.41, 5.74) is 4.66. The number of methoxy groups -OCH3 is 1. The van der Waals surface area contributed by atoms with Gasteiger partial charge >= 0.3 is 0 Å². The maximum absolute atomic E-state index is 9.68. The molecule has 0 radical (unpaired) electrons. The average Bonchev–Trinajstić information content (AvgIpc) is 2.53. The van der Waals surface area contributed by atoms with Crippen LogP contribution in [0.2, 0.25) is 0 Å². The lowest BCUT2D eigenvalue weighted by molar-refractivity contribution is 0.407. The van der Waals surface area contributed by atoms with Crippen LogP contribution in [0.3, 0.4) is 0 Å². The smallest absolute Gasteiger partial charge is 0.123 e. The molecule has 0 aliphatic rings. The Bertz CT molecular complexity index is 682. The molecule has 0 bridgehead atoms. The van der Waals surface area contributed by atoms with Crippen LogP contribution in [0.25, 0.3) is 0 Å². The Labute approximate surface area is 133 Å². The lowest BCUT2D eigenvalue weighted by Crippen LogP contribution is -2.05. The molecular weight excluding hydrogens is 270 g/mol. The van der Waals surface area contributed by atoms with Crippen LogP contribution in [0, 0.1) is 18.3 Å². The minimum absolute atomic E-state index is 0.199. The molecule has 22 heavy (non-hydrogen) atoms. The quantitative estimate of drug-likeness (QED) is 0.779. The minimum Gasteiger partial charge on any atom is -0.496 e. The van der Waals surface area contributed by atoms with Gasteiger partial charge in [0.2, 0.25) is 0 Å². The molecule has 0 saturated carbocycles. The van der Waals surface area contributed by atoms with Crippen LogP contribution >= 0.6 is 0 Å². The number of rotatable bonds is 5. The minimum atomic E-state index is -0.199. The molecule has 2 nitrogen and oxygen atoms in total. The van der Waals surface area contributed by atoms with Crippen molar-refractivity contribution in [3.05, 3.63) is 64.7 Å². The van der Waals surface area contributed by atoms with E-state index < -0.39 is 0 Å². The summed E-state index contributed by atoms with van der Waals surface area (Å²) >= 11 is 0. The molecule has 0 amide bonds. The number of nitrogens with zero attached hydrogens (tertiary/aromatic N) is 1. The predicted molar refractivity (Wildman–Crippen MR) is 90.3 cm³/mol. The summed E-state index contributed by atoms with van der Waals surface area (Å²) < 4.78 is 5.48. The summed E-state index contributed by atoms with van der Waals surface area (Å²) in [6, 6.07) is 16.9. The van der Waals surface area contributed by atoms with E-state index in [1.54, 1.807) is 7.11 Å². The van der Waals surface area contributed by atoms with Gasteiger partial charge in [-0.2, -0.15) is 5.26 Å². The Hall–Kier alpha value is -2.27. The van der Waals surface area contributed by atoms with E-state index in [1.807, 2.05) is 18.2 Å². The monoisotopic (exact) mass is 293 g/mol. The molecule has 0 heterocycles. The molecule has 2 aromatic rings. The van der Waals surface area contributed by atoms with Gasteiger partial charge in [0.15, 0.2) is 0 Å². The summed E-state index contributed by atoms with van der Waals surface area (Å²) in [6.45, 7) is 6.41. The molecule has 0 spiro atoms. The van der Waals surface area contributed by atoms with Gasteiger partial charge in [-0.25, -0.2) is 0 Å². The van der Waals surface area contributed by atoms with Crippen molar-refractivity contribution >= 4 is 0 Å². The molecule has 1 unspecified atom stereocenters. The molecular formula is C20H23NO. The van der Waals surface area contributed by atoms with Gasteiger partial charge in [-0.3, -0.25) is 0 Å². The lowest BCUT2D eigenvalue weighted by atomic mass is 9.88. The molecule has 1 atom stereocenters. The molecule has 2 aromatic carbocycles. The van der Waals surface area contributed by atoms with Crippen molar-refractivity contribution in [1.29, 1.82) is 5.26 Å². The first-order valence-electron chi connectivity index (χ1n) is 7.68. The van der Waals surface area contributed by atoms with E-state index in [9.17, 15) is 5.26 Å². The van der Waals surface area contributed by atoms with E-state index in [1.165, 1.54) is 16.7 Å². The van der Waals surface area contributed by atoms with Gasteiger partial charge in [0.1, 0.15) is 5.75 Å². The number of aryl methyl sites for hydroxylation is 1. The largest absolute Gasteiger partial charge is 0.496 e. The van der Waals surface area contributed by atoms with Gasteiger partial charge in [-0.1, -0.05) is 50.2 Å². The van der Waals surface area contributed by atoms with Gasteiger partial charge in [0, 0.05) is 5.56 Å². The summed E-state index contributed by atoms with van der Waals surface area (Å²) in [5.74, 6) is 1.03. The molecule has 0 aliphatic heterocycles. The van der Waals surface area contributed by atoms with Crippen LogP contribution < -0.4 is 4.74 Å². The fourth-order valence-corrected chi connectivity index (χ4v) is 2.67. The van der Waals surface area contributed by atoms with Crippen LogP contribution in [0.5, 0.6) is 5.75 Å². The standard InChI is InChI=1S/C20H23NO/c1-14(2)16-9-10-20(22-4)19(12-16)18(13-21)11-17-8-6-5-7-15(17)3/h5-10,12,14,18H,11H2,1-4H3. The number of benzene rings is 2. The first kappa shape index (κ1) is 16.1. The van der Waals surface area contributed by atoms with E-state index in [4.69, 9.17) is 4.74 Å². The van der Waals surface area contributed by atoms with E-state index in [0.717, 1.165) is 11.3 Å². The van der Waals surface area contributed by atoms with E-state index in [-0.39, 0.29) is 5.92 Å². The summed E-state index contributed by atoms with van der Waals surface area (Å²) in [4.78, 5) is 0. The van der Waals surface area contributed by atoms with Crippen molar-refractivity contribution in [3.63, 3.8) is 0 Å². The number of ether oxygens (including phenoxy) is 1. The fraction of sp³-hybridized carbons (Fsp3) is 0.350. The highest BCUT2D eigenvalue weighted by Crippen LogP contribution is 2.32. The van der Waals surface area contributed by atoms with Crippen molar-refractivity contribution in [2.75, 3.05) is 7.11 Å². The third-order valence-corrected chi connectivity index (χ3v) is 4.14. The first-order chi connectivity index (χ1) is 10.6. The highest BCUT2D eigenvalue weighted by atomic mass is 16.5. The summed E-state index contributed by atoms with van der Waals surface area (Å²) in [5, 5.41) is 9.68. The second-order valence-electron chi connectivity index (χ2n) is 5.97. The van der Waals surface area contributed by atoms with Gasteiger partial charge in [0.05, 0.1) is 19.1 Å². The van der Waals surface area contributed by atoms with Gasteiger partial charge in [-0.15, -0.1) is 0 Å². The van der Waals surface area contributed by atoms with Crippen molar-refractivity contribution in [2.24, 2.45) is 0 Å². The molecule has 0 N–H and O–H groups in total. The zero-order valence-electron chi connectivity index (χ0n) is 13.8. The Morgan fingerprint density at radius 1 is 1.14 bits per heavy atom. The topological polar surface area (TPSA) is 33.0 Å². The molecule has 0 fully saturated rings.